The van der Waals surface area contributed by atoms with Crippen molar-refractivity contribution in [1.29, 1.82) is 0 Å². The fraction of sp³-hybridized carbons (Fsp3) is 0.417. The van der Waals surface area contributed by atoms with Gasteiger partial charge in [0.05, 0.1) is 23.6 Å². The van der Waals surface area contributed by atoms with E-state index in [1.54, 1.807) is 6.20 Å². The molecule has 1 saturated heterocycles. The Labute approximate surface area is 93.3 Å². The van der Waals surface area contributed by atoms with Crippen molar-refractivity contribution in [2.24, 2.45) is 11.8 Å². The van der Waals surface area contributed by atoms with E-state index in [0.717, 1.165) is 12.1 Å². The fourth-order valence-corrected chi connectivity index (χ4v) is 2.34. The Balaban J connectivity index is 1.89. The molecule has 2 fully saturated rings. The van der Waals surface area contributed by atoms with E-state index in [9.17, 15) is 9.59 Å². The second-order valence-electron chi connectivity index (χ2n) is 4.43. The van der Waals surface area contributed by atoms with E-state index in [1.807, 2.05) is 25.1 Å². The van der Waals surface area contributed by atoms with Gasteiger partial charge < -0.3 is 0 Å². The molecule has 1 aromatic rings. The molecule has 2 aliphatic rings. The van der Waals surface area contributed by atoms with Crippen molar-refractivity contribution in [1.82, 2.24) is 9.88 Å². The summed E-state index contributed by atoms with van der Waals surface area (Å²) in [6, 6.07) is 5.29. The molecule has 0 radical (unpaired) electrons. The average Bonchev–Trinajstić information content (AvgIpc) is 3.05. The number of piperidine rings is 1. The number of amides is 2. The molecule has 2 heterocycles. The van der Waals surface area contributed by atoms with Crippen molar-refractivity contribution in [3.63, 3.8) is 0 Å². The molecule has 3 rings (SSSR count). The molecular formula is C12H12N2O2. The van der Waals surface area contributed by atoms with Gasteiger partial charge >= 0.3 is 0 Å². The highest BCUT2D eigenvalue weighted by atomic mass is 16.2. The first-order valence-electron chi connectivity index (χ1n) is 5.48. The number of carbonyl (C=O) groups excluding carboxylic acids is 2. The molecule has 82 valence electrons. The summed E-state index contributed by atoms with van der Waals surface area (Å²) in [5.41, 5.74) is 0.769. The van der Waals surface area contributed by atoms with E-state index >= 15 is 0 Å². The van der Waals surface area contributed by atoms with Crippen molar-refractivity contribution in [3.8, 4) is 0 Å². The molecule has 1 aliphatic heterocycles. The van der Waals surface area contributed by atoms with Crippen LogP contribution in [0.1, 0.15) is 25.1 Å². The van der Waals surface area contributed by atoms with E-state index in [1.165, 1.54) is 4.90 Å². The lowest BCUT2D eigenvalue weighted by atomic mass is 10.2. The number of hydrogen-bond acceptors (Lipinski definition) is 3. The zero-order valence-electron chi connectivity index (χ0n) is 8.96. The quantitative estimate of drug-likeness (QED) is 0.697. The van der Waals surface area contributed by atoms with Crippen LogP contribution in [0.15, 0.2) is 24.4 Å². The topological polar surface area (TPSA) is 50.3 Å². The predicted molar refractivity (Wildman–Crippen MR) is 56.1 cm³/mol. The second kappa shape index (κ2) is 3.14. The van der Waals surface area contributed by atoms with Crippen LogP contribution in [0.2, 0.25) is 0 Å². The van der Waals surface area contributed by atoms with Crippen molar-refractivity contribution in [2.45, 2.75) is 19.4 Å². The lowest BCUT2D eigenvalue weighted by molar-refractivity contribution is -0.143. The van der Waals surface area contributed by atoms with Crippen molar-refractivity contribution in [2.75, 3.05) is 0 Å². The van der Waals surface area contributed by atoms with Gasteiger partial charge in [0.25, 0.3) is 0 Å². The summed E-state index contributed by atoms with van der Waals surface area (Å²) in [5, 5.41) is 0. The van der Waals surface area contributed by atoms with Crippen LogP contribution in [-0.4, -0.2) is 21.7 Å². The molecule has 0 aromatic carbocycles. The second-order valence-corrected chi connectivity index (χ2v) is 4.43. The van der Waals surface area contributed by atoms with Gasteiger partial charge in [-0.05, 0) is 25.5 Å². The van der Waals surface area contributed by atoms with Crippen LogP contribution in [0.4, 0.5) is 0 Å². The molecule has 3 atom stereocenters. The van der Waals surface area contributed by atoms with Crippen LogP contribution >= 0.6 is 0 Å². The van der Waals surface area contributed by atoms with Gasteiger partial charge in [0.15, 0.2) is 0 Å². The maximum atomic E-state index is 11.8. The molecule has 0 spiro atoms. The van der Waals surface area contributed by atoms with Crippen LogP contribution in [0.5, 0.6) is 0 Å². The first-order valence-corrected chi connectivity index (χ1v) is 5.48. The van der Waals surface area contributed by atoms with Crippen LogP contribution in [0.3, 0.4) is 0 Å². The minimum atomic E-state index is -0.242. The summed E-state index contributed by atoms with van der Waals surface area (Å²) < 4.78 is 0. The normalized spacial score (nSPS) is 29.2. The molecule has 16 heavy (non-hydrogen) atoms. The summed E-state index contributed by atoms with van der Waals surface area (Å²) in [5.74, 6) is -0.0985. The Morgan fingerprint density at radius 2 is 2.00 bits per heavy atom. The van der Waals surface area contributed by atoms with Gasteiger partial charge in [-0.2, -0.15) is 0 Å². The highest BCUT2D eigenvalue weighted by Crippen LogP contribution is 2.49. The fourth-order valence-electron chi connectivity index (χ4n) is 2.34. The minimum Gasteiger partial charge on any atom is -0.274 e. The zero-order chi connectivity index (χ0) is 11.3. The van der Waals surface area contributed by atoms with E-state index in [0.29, 0.717) is 0 Å². The molecule has 1 aliphatic carbocycles. The molecule has 0 N–H and O–H groups in total. The van der Waals surface area contributed by atoms with Gasteiger partial charge in [-0.25, -0.2) is 0 Å². The van der Waals surface area contributed by atoms with Crippen LogP contribution in [0.25, 0.3) is 0 Å². The van der Waals surface area contributed by atoms with Gasteiger partial charge in [-0.1, -0.05) is 6.07 Å². The van der Waals surface area contributed by atoms with Crippen molar-refractivity contribution in [3.05, 3.63) is 30.1 Å². The third kappa shape index (κ3) is 1.19. The van der Waals surface area contributed by atoms with Gasteiger partial charge in [-0.15, -0.1) is 0 Å². The first kappa shape index (κ1) is 9.51. The predicted octanol–water partition coefficient (Wildman–Crippen LogP) is 1.15. The van der Waals surface area contributed by atoms with Crippen molar-refractivity contribution >= 4 is 11.8 Å². The maximum Gasteiger partial charge on any atom is 0.233 e. The lowest BCUT2D eigenvalue weighted by Gasteiger charge is -2.23. The number of pyridine rings is 1. The minimum absolute atomic E-state index is 0.0202. The van der Waals surface area contributed by atoms with E-state index in [4.69, 9.17) is 0 Å². The highest BCUT2D eigenvalue weighted by molar-refractivity contribution is 6.09. The van der Waals surface area contributed by atoms with Gasteiger partial charge in [0.2, 0.25) is 11.8 Å². The largest absolute Gasteiger partial charge is 0.274 e. The number of likely N-dealkylation sites (tertiary alicyclic amines) is 1. The molecule has 4 nitrogen and oxygen atoms in total. The average molecular weight is 216 g/mol. The summed E-state index contributed by atoms with van der Waals surface area (Å²) in [6.45, 7) is 1.85. The maximum absolute atomic E-state index is 11.8. The van der Waals surface area contributed by atoms with E-state index in [-0.39, 0.29) is 29.7 Å². The number of fused-ring (bicyclic) bond motifs is 1. The molecule has 1 aromatic heterocycles. The molecular weight excluding hydrogens is 204 g/mol. The van der Waals surface area contributed by atoms with Gasteiger partial charge in [0.1, 0.15) is 0 Å². The van der Waals surface area contributed by atoms with Gasteiger partial charge in [-0.3, -0.25) is 19.5 Å². The van der Waals surface area contributed by atoms with Crippen LogP contribution < -0.4 is 0 Å². The SMILES string of the molecule is C[C@H](c1ccccn1)N1C(=O)[C@@H]2C[C@H]2C1=O. The summed E-state index contributed by atoms with van der Waals surface area (Å²) >= 11 is 0. The number of hydrogen-bond donors (Lipinski definition) is 0. The molecule has 2 amide bonds. The Kier molecular flexibility index (Phi) is 1.87. The molecule has 1 saturated carbocycles. The number of nitrogens with zero attached hydrogens (tertiary/aromatic N) is 2. The van der Waals surface area contributed by atoms with Crippen molar-refractivity contribution < 1.29 is 9.59 Å². The Hall–Kier alpha value is -1.71. The van der Waals surface area contributed by atoms with E-state index < -0.39 is 0 Å². The molecule has 0 unspecified atom stereocenters. The first-order chi connectivity index (χ1) is 7.70. The number of rotatable bonds is 2. The molecule has 4 heteroatoms. The van der Waals surface area contributed by atoms with Crippen LogP contribution in [0, 0.1) is 11.8 Å². The zero-order valence-corrected chi connectivity index (χ0v) is 8.96. The summed E-state index contributed by atoms with van der Waals surface area (Å²) in [4.78, 5) is 29.3. The third-order valence-corrected chi connectivity index (χ3v) is 3.40. The Bertz CT molecular complexity index is 437. The highest BCUT2D eigenvalue weighted by Gasteiger charge is 2.59. The number of carbonyl (C=O) groups is 2. The summed E-state index contributed by atoms with van der Waals surface area (Å²) in [6.07, 6.45) is 2.43. The summed E-state index contributed by atoms with van der Waals surface area (Å²) in [7, 11) is 0. The molecule has 0 bridgehead atoms. The Morgan fingerprint density at radius 3 is 2.56 bits per heavy atom. The number of aromatic nitrogens is 1. The smallest absolute Gasteiger partial charge is 0.233 e. The van der Waals surface area contributed by atoms with E-state index in [2.05, 4.69) is 4.98 Å². The number of imide groups is 1. The van der Waals surface area contributed by atoms with Gasteiger partial charge in [0, 0.05) is 6.20 Å². The monoisotopic (exact) mass is 216 g/mol. The van der Waals surface area contributed by atoms with Crippen LogP contribution in [-0.2, 0) is 9.59 Å². The third-order valence-electron chi connectivity index (χ3n) is 3.40. The standard InChI is InChI=1S/C12H12N2O2/c1-7(10-4-2-3-5-13-10)14-11(15)8-6-9(8)12(14)16/h2-5,7-9H,6H2,1H3/t7-,8-,9-/m1/s1. The Morgan fingerprint density at radius 1 is 1.31 bits per heavy atom. The lowest BCUT2D eigenvalue weighted by Crippen LogP contribution is -2.35.